The van der Waals surface area contributed by atoms with Crippen LogP contribution in [0.5, 0.6) is 5.75 Å². The Hall–Kier alpha value is -1.02. The van der Waals surface area contributed by atoms with Gasteiger partial charge >= 0.3 is 0 Å². The van der Waals surface area contributed by atoms with Gasteiger partial charge in [0.05, 0.1) is 7.11 Å². The van der Waals surface area contributed by atoms with Gasteiger partial charge in [0, 0.05) is 11.6 Å². The highest BCUT2D eigenvalue weighted by molar-refractivity contribution is 5.38. The lowest BCUT2D eigenvalue weighted by Crippen LogP contribution is -2.25. The number of hydrogen-bond acceptors (Lipinski definition) is 2. The summed E-state index contributed by atoms with van der Waals surface area (Å²) in [6, 6.07) is 9.07. The lowest BCUT2D eigenvalue weighted by atomic mass is 9.92. The van der Waals surface area contributed by atoms with Gasteiger partial charge in [-0.15, -0.1) is 0 Å². The van der Waals surface area contributed by atoms with Crippen LogP contribution in [-0.2, 0) is 0 Å². The van der Waals surface area contributed by atoms with Crippen molar-refractivity contribution in [3.8, 4) is 5.75 Å². The van der Waals surface area contributed by atoms with Crippen molar-refractivity contribution >= 4 is 0 Å². The van der Waals surface area contributed by atoms with Crippen molar-refractivity contribution in [3.05, 3.63) is 29.8 Å². The van der Waals surface area contributed by atoms with Crippen molar-refractivity contribution in [3.63, 3.8) is 0 Å². The van der Waals surface area contributed by atoms with Gasteiger partial charge in [-0.2, -0.15) is 0 Å². The molecular formula is C18H25NO. The van der Waals surface area contributed by atoms with Crippen LogP contribution in [0.15, 0.2) is 24.3 Å². The van der Waals surface area contributed by atoms with Crippen molar-refractivity contribution in [2.45, 2.75) is 32.2 Å². The third-order valence-electron chi connectivity index (χ3n) is 6.08. The van der Waals surface area contributed by atoms with Crippen LogP contribution in [0, 0.1) is 29.6 Å². The highest BCUT2D eigenvalue weighted by Gasteiger charge is 2.66. The monoisotopic (exact) mass is 271 g/mol. The summed E-state index contributed by atoms with van der Waals surface area (Å²) in [5.74, 6) is 5.98. The van der Waals surface area contributed by atoms with Crippen LogP contribution < -0.4 is 10.1 Å². The molecule has 0 heterocycles. The Labute approximate surface area is 121 Å². The van der Waals surface area contributed by atoms with Crippen molar-refractivity contribution in [1.29, 1.82) is 0 Å². The molecule has 0 saturated heterocycles. The number of fused-ring (bicyclic) bond motifs is 5. The molecule has 1 aromatic carbocycles. The first kappa shape index (κ1) is 12.7. The fraction of sp³-hybridized carbons (Fsp3) is 0.667. The Morgan fingerprint density at radius 1 is 1.20 bits per heavy atom. The fourth-order valence-electron chi connectivity index (χ4n) is 5.43. The Morgan fingerprint density at radius 2 is 1.90 bits per heavy atom. The lowest BCUT2D eigenvalue weighted by Gasteiger charge is -2.23. The molecule has 2 nitrogen and oxygen atoms in total. The largest absolute Gasteiger partial charge is 0.496 e. The molecule has 1 aromatic rings. The van der Waals surface area contributed by atoms with E-state index in [1.807, 2.05) is 0 Å². The number of ether oxygens (including phenoxy) is 1. The summed E-state index contributed by atoms with van der Waals surface area (Å²) >= 11 is 0. The van der Waals surface area contributed by atoms with Crippen molar-refractivity contribution in [1.82, 2.24) is 5.32 Å². The molecule has 108 valence electrons. The van der Waals surface area contributed by atoms with Gasteiger partial charge in [-0.05, 0) is 61.5 Å². The molecule has 5 atom stereocenters. The zero-order valence-electron chi connectivity index (χ0n) is 12.5. The SMILES string of the molecule is CCNC(c1ccccc1OC)C1C2C3CCC(C3)C21. The maximum atomic E-state index is 5.60. The average molecular weight is 271 g/mol. The minimum absolute atomic E-state index is 0.495. The van der Waals surface area contributed by atoms with Crippen molar-refractivity contribution in [2.75, 3.05) is 13.7 Å². The average Bonchev–Trinajstić information content (AvgIpc) is 2.90. The van der Waals surface area contributed by atoms with Gasteiger partial charge in [0.2, 0.25) is 0 Å². The van der Waals surface area contributed by atoms with E-state index >= 15 is 0 Å². The van der Waals surface area contributed by atoms with E-state index in [1.54, 1.807) is 7.11 Å². The van der Waals surface area contributed by atoms with Gasteiger partial charge < -0.3 is 10.1 Å². The van der Waals surface area contributed by atoms with Crippen LogP contribution in [0.1, 0.15) is 37.8 Å². The number of hydrogen-bond donors (Lipinski definition) is 1. The summed E-state index contributed by atoms with van der Waals surface area (Å²) in [6.07, 6.45) is 4.51. The molecule has 20 heavy (non-hydrogen) atoms. The predicted octanol–water partition coefficient (Wildman–Crippen LogP) is 3.64. The molecule has 5 unspecified atom stereocenters. The van der Waals surface area contributed by atoms with E-state index in [4.69, 9.17) is 4.74 Å². The topological polar surface area (TPSA) is 21.3 Å². The zero-order valence-corrected chi connectivity index (χ0v) is 12.5. The molecule has 0 spiro atoms. The molecular weight excluding hydrogens is 246 g/mol. The second-order valence-electron chi connectivity index (χ2n) is 6.84. The van der Waals surface area contributed by atoms with Gasteiger partial charge in [0.1, 0.15) is 5.75 Å². The number of methoxy groups -OCH3 is 1. The maximum Gasteiger partial charge on any atom is 0.123 e. The molecule has 3 saturated carbocycles. The van der Waals surface area contributed by atoms with Gasteiger partial charge in [-0.25, -0.2) is 0 Å². The van der Waals surface area contributed by atoms with E-state index in [2.05, 4.69) is 36.5 Å². The van der Waals surface area contributed by atoms with Crippen molar-refractivity contribution in [2.24, 2.45) is 29.6 Å². The summed E-state index contributed by atoms with van der Waals surface area (Å²) in [5.41, 5.74) is 1.37. The molecule has 0 aliphatic heterocycles. The summed E-state index contributed by atoms with van der Waals surface area (Å²) in [4.78, 5) is 0. The number of rotatable bonds is 5. The lowest BCUT2D eigenvalue weighted by molar-refractivity contribution is 0.354. The van der Waals surface area contributed by atoms with Crippen LogP contribution in [0.25, 0.3) is 0 Å². The van der Waals surface area contributed by atoms with Crippen LogP contribution in [0.3, 0.4) is 0 Å². The van der Waals surface area contributed by atoms with E-state index in [0.29, 0.717) is 6.04 Å². The molecule has 3 aliphatic rings. The quantitative estimate of drug-likeness (QED) is 0.883. The molecule has 3 aliphatic carbocycles. The third kappa shape index (κ3) is 1.74. The van der Waals surface area contributed by atoms with Gasteiger partial charge in [-0.3, -0.25) is 0 Å². The fourth-order valence-corrected chi connectivity index (χ4v) is 5.43. The Balaban J connectivity index is 1.63. The smallest absolute Gasteiger partial charge is 0.123 e. The van der Waals surface area contributed by atoms with Crippen molar-refractivity contribution < 1.29 is 4.74 Å². The summed E-state index contributed by atoms with van der Waals surface area (Å²) in [5, 5.41) is 3.75. The predicted molar refractivity (Wildman–Crippen MR) is 80.7 cm³/mol. The van der Waals surface area contributed by atoms with Crippen LogP contribution in [0.4, 0.5) is 0 Å². The minimum Gasteiger partial charge on any atom is -0.496 e. The van der Waals surface area contributed by atoms with E-state index in [0.717, 1.165) is 41.9 Å². The van der Waals surface area contributed by atoms with Gasteiger partial charge in [0.25, 0.3) is 0 Å². The van der Waals surface area contributed by atoms with Crippen LogP contribution in [0.2, 0.25) is 0 Å². The zero-order chi connectivity index (χ0) is 13.7. The van der Waals surface area contributed by atoms with E-state index in [1.165, 1.54) is 24.8 Å². The minimum atomic E-state index is 0.495. The normalized spacial score (nSPS) is 38.6. The second-order valence-corrected chi connectivity index (χ2v) is 6.84. The first-order valence-corrected chi connectivity index (χ1v) is 8.21. The molecule has 4 rings (SSSR count). The summed E-state index contributed by atoms with van der Waals surface area (Å²) < 4.78 is 5.60. The van der Waals surface area contributed by atoms with Gasteiger partial charge in [-0.1, -0.05) is 25.1 Å². The molecule has 0 radical (unpaired) electrons. The van der Waals surface area contributed by atoms with E-state index in [-0.39, 0.29) is 0 Å². The molecule has 0 aromatic heterocycles. The first-order chi connectivity index (χ1) is 9.85. The Kier molecular flexibility index (Phi) is 3.03. The molecule has 2 bridgehead atoms. The standard InChI is InChI=1S/C18H25NO/c1-3-19-18(13-6-4-5-7-14(13)20-2)17-15-11-8-9-12(10-11)16(15)17/h4-7,11-12,15-19H,3,8-10H2,1-2H3. The third-order valence-corrected chi connectivity index (χ3v) is 6.08. The molecule has 0 amide bonds. The second kappa shape index (κ2) is 4.77. The van der Waals surface area contributed by atoms with Gasteiger partial charge in [0.15, 0.2) is 0 Å². The summed E-state index contributed by atoms with van der Waals surface area (Å²) in [7, 11) is 1.79. The highest BCUT2D eigenvalue weighted by Crippen LogP contribution is 2.72. The first-order valence-electron chi connectivity index (χ1n) is 8.21. The molecule has 2 heteroatoms. The number of para-hydroxylation sites is 1. The maximum absolute atomic E-state index is 5.60. The Morgan fingerprint density at radius 3 is 2.55 bits per heavy atom. The van der Waals surface area contributed by atoms with E-state index in [9.17, 15) is 0 Å². The highest BCUT2D eigenvalue weighted by atomic mass is 16.5. The number of nitrogens with one attached hydrogen (secondary N) is 1. The number of benzene rings is 1. The van der Waals surface area contributed by atoms with Crippen LogP contribution in [-0.4, -0.2) is 13.7 Å². The van der Waals surface area contributed by atoms with E-state index < -0.39 is 0 Å². The summed E-state index contributed by atoms with van der Waals surface area (Å²) in [6.45, 7) is 3.25. The van der Waals surface area contributed by atoms with Crippen LogP contribution >= 0.6 is 0 Å². The molecule has 3 fully saturated rings. The Bertz CT molecular complexity index is 484. The molecule has 1 N–H and O–H groups in total.